The first-order valence-corrected chi connectivity index (χ1v) is 14.0. The minimum Gasteiger partial charge on any atom is -0.505 e. The van der Waals surface area contributed by atoms with Crippen LogP contribution in [-0.2, 0) is 15.9 Å². The monoisotopic (exact) mass is 589 g/mol. The smallest absolute Gasteiger partial charge is 0.346 e. The number of hydrogen-bond acceptors (Lipinski definition) is 8. The van der Waals surface area contributed by atoms with Gasteiger partial charge in [-0.2, -0.15) is 9.86 Å². The molecule has 11 nitrogen and oxygen atoms in total. The quantitative estimate of drug-likeness (QED) is 0.238. The van der Waals surface area contributed by atoms with E-state index in [2.05, 4.69) is 15.2 Å². The van der Waals surface area contributed by atoms with Crippen molar-refractivity contribution in [2.45, 2.75) is 6.54 Å². The van der Waals surface area contributed by atoms with Crippen molar-refractivity contribution in [1.82, 2.24) is 9.78 Å². The summed E-state index contributed by atoms with van der Waals surface area (Å²) in [5.41, 5.74) is 4.47. The van der Waals surface area contributed by atoms with Crippen LogP contribution in [0.1, 0.15) is 11.1 Å². The lowest BCUT2D eigenvalue weighted by molar-refractivity contribution is -0.119. The highest BCUT2D eigenvalue weighted by Gasteiger charge is 2.34. The van der Waals surface area contributed by atoms with Crippen LogP contribution in [0, 0.1) is 5.82 Å². The predicted octanol–water partition coefficient (Wildman–Crippen LogP) is 3.07. The van der Waals surface area contributed by atoms with Crippen molar-refractivity contribution in [1.29, 1.82) is 0 Å². The van der Waals surface area contributed by atoms with Gasteiger partial charge in [-0.3, -0.25) is 14.2 Å². The molecular weight excluding hydrogens is 572 g/mol. The van der Waals surface area contributed by atoms with Crippen LogP contribution in [0.15, 0.2) is 63.5 Å². The number of anilines is 1. The van der Waals surface area contributed by atoms with Gasteiger partial charge in [-0.25, -0.2) is 9.07 Å². The van der Waals surface area contributed by atoms with Gasteiger partial charge in [-0.1, -0.05) is 23.7 Å². The zero-order chi connectivity index (χ0) is 27.9. The van der Waals surface area contributed by atoms with Crippen molar-refractivity contribution >= 4 is 53.2 Å². The van der Waals surface area contributed by atoms with Gasteiger partial charge in [0.15, 0.2) is 18.2 Å². The summed E-state index contributed by atoms with van der Waals surface area (Å²) in [7, 11) is -4.49. The van der Waals surface area contributed by atoms with E-state index in [1.54, 1.807) is 17.5 Å². The highest BCUT2D eigenvalue weighted by molar-refractivity contribution is 7.65. The Bertz CT molecular complexity index is 1760. The number of carbonyl (C=O) groups excluding carboxylic acids is 1. The van der Waals surface area contributed by atoms with Gasteiger partial charge < -0.3 is 25.8 Å². The third kappa shape index (κ3) is 5.30. The molecule has 0 fully saturated rings. The fourth-order valence-corrected chi connectivity index (χ4v) is 6.01. The first-order valence-electron chi connectivity index (χ1n) is 11.1. The molecule has 1 unspecified atom stereocenters. The number of ether oxygens (including phenoxy) is 1. The molecule has 15 heteroatoms. The minimum atomic E-state index is -4.49. The van der Waals surface area contributed by atoms with E-state index in [4.69, 9.17) is 22.1 Å². The first-order chi connectivity index (χ1) is 18.5. The Morgan fingerprint density at radius 3 is 2.74 bits per heavy atom. The number of aromatic hydroxyl groups is 1. The Labute approximate surface area is 228 Å². The number of hydrogen-bond donors (Lipinski definition) is 4. The van der Waals surface area contributed by atoms with Crippen LogP contribution >= 0.6 is 30.5 Å². The van der Waals surface area contributed by atoms with Crippen molar-refractivity contribution in [3.63, 3.8) is 0 Å². The van der Waals surface area contributed by atoms with E-state index in [0.717, 1.165) is 10.7 Å². The number of nitrogens with two attached hydrogens (primary N) is 1. The summed E-state index contributed by atoms with van der Waals surface area (Å²) >= 11 is 7.14. The first kappa shape index (κ1) is 26.6. The molecular formula is C24H18ClFN5O6PS. The van der Waals surface area contributed by atoms with Gasteiger partial charge in [0.1, 0.15) is 22.8 Å². The van der Waals surface area contributed by atoms with E-state index >= 15 is 0 Å². The lowest BCUT2D eigenvalue weighted by Gasteiger charge is -2.23. The highest BCUT2D eigenvalue weighted by atomic mass is 35.5. The molecule has 200 valence electrons. The summed E-state index contributed by atoms with van der Waals surface area (Å²) in [6, 6.07) is 11.4. The normalized spacial score (nSPS) is 16.2. The van der Waals surface area contributed by atoms with E-state index in [1.165, 1.54) is 41.7 Å². The Kier molecular flexibility index (Phi) is 7.00. The van der Waals surface area contributed by atoms with Gasteiger partial charge in [0.25, 0.3) is 11.5 Å². The molecule has 0 saturated carbocycles. The standard InChI is InChI=1S/C24H18ClFN5O6PS/c25-14-8-12(3-5-15(14)26)10-31-24(34)20(22(33)21(29-31)18-2-1-7-39-18)23-28-16-6-4-13(37-11-19(27)32)9-17(16)38(35,36)30-23/h1-9,33H,10-11H2,(H2,27,32)(H2,28,30,35,36). The second-order valence-electron chi connectivity index (χ2n) is 8.31. The number of amides is 1. The molecule has 39 heavy (non-hydrogen) atoms. The molecule has 5 N–H and O–H groups in total. The van der Waals surface area contributed by atoms with Crippen molar-refractivity contribution in [3.05, 3.63) is 86.2 Å². The van der Waals surface area contributed by atoms with E-state index in [9.17, 15) is 28.5 Å². The van der Waals surface area contributed by atoms with Crippen LogP contribution in [0.25, 0.3) is 10.6 Å². The van der Waals surface area contributed by atoms with Crippen LogP contribution in [0.4, 0.5) is 10.1 Å². The second-order valence-corrected chi connectivity index (χ2v) is 11.4. The van der Waals surface area contributed by atoms with Gasteiger partial charge in [-0.15, -0.1) is 11.3 Å². The number of benzene rings is 2. The summed E-state index contributed by atoms with van der Waals surface area (Å²) < 4.78 is 37.0. The number of nitrogens with zero attached hydrogens (tertiary/aromatic N) is 3. The summed E-state index contributed by atoms with van der Waals surface area (Å²) in [5.74, 6) is -2.16. The topological polar surface area (TPSA) is 169 Å². The molecule has 0 aliphatic carbocycles. The summed E-state index contributed by atoms with van der Waals surface area (Å²) in [6.07, 6.45) is 0. The molecule has 1 aliphatic heterocycles. The number of halogens is 2. The van der Waals surface area contributed by atoms with Gasteiger partial charge in [0.2, 0.25) is 0 Å². The average molecular weight is 590 g/mol. The second kappa shape index (κ2) is 10.3. The maximum atomic E-state index is 13.7. The van der Waals surface area contributed by atoms with Crippen molar-refractivity contribution < 1.29 is 28.5 Å². The maximum Gasteiger partial charge on any atom is 0.346 e. The molecule has 0 bridgehead atoms. The number of rotatable bonds is 7. The minimum absolute atomic E-state index is 0.0334. The lowest BCUT2D eigenvalue weighted by atomic mass is 10.1. The summed E-state index contributed by atoms with van der Waals surface area (Å²) in [4.78, 5) is 35.9. The third-order valence-corrected chi connectivity index (χ3v) is 8.23. The number of amidine groups is 1. The van der Waals surface area contributed by atoms with E-state index in [0.29, 0.717) is 10.4 Å². The van der Waals surface area contributed by atoms with Crippen LogP contribution in [-0.4, -0.2) is 38.1 Å². The van der Waals surface area contributed by atoms with Crippen molar-refractivity contribution in [3.8, 4) is 22.1 Å². The zero-order valence-corrected chi connectivity index (χ0v) is 22.1. The Balaban J connectivity index is 1.63. The predicted molar refractivity (Wildman–Crippen MR) is 145 cm³/mol. The van der Waals surface area contributed by atoms with Gasteiger partial charge in [0, 0.05) is 0 Å². The number of nitrogens with one attached hydrogen (secondary N) is 1. The van der Waals surface area contributed by atoms with Crippen LogP contribution in [0.3, 0.4) is 0 Å². The molecule has 4 aromatic rings. The summed E-state index contributed by atoms with van der Waals surface area (Å²) in [6.45, 7) is -0.586. The molecule has 1 aliphatic rings. The summed E-state index contributed by atoms with van der Waals surface area (Å²) in [5, 5.41) is 19.7. The van der Waals surface area contributed by atoms with Crippen LogP contribution in [0.5, 0.6) is 11.5 Å². The average Bonchev–Trinajstić information content (AvgIpc) is 3.41. The lowest BCUT2D eigenvalue weighted by Crippen LogP contribution is -2.34. The molecule has 0 radical (unpaired) electrons. The zero-order valence-electron chi connectivity index (χ0n) is 19.7. The van der Waals surface area contributed by atoms with Gasteiger partial charge >= 0.3 is 7.52 Å². The largest absolute Gasteiger partial charge is 0.505 e. The molecule has 1 amide bonds. The number of carbonyl (C=O) groups is 1. The molecule has 1 atom stereocenters. The van der Waals surface area contributed by atoms with E-state index in [1.807, 2.05) is 0 Å². The van der Waals surface area contributed by atoms with Crippen LogP contribution < -0.4 is 26.7 Å². The Morgan fingerprint density at radius 1 is 1.26 bits per heavy atom. The van der Waals surface area contributed by atoms with Crippen molar-refractivity contribution in [2.75, 3.05) is 11.9 Å². The van der Waals surface area contributed by atoms with Gasteiger partial charge in [-0.05, 0) is 47.3 Å². The molecule has 3 heterocycles. The molecule has 0 spiro atoms. The Morgan fingerprint density at radius 2 is 2.05 bits per heavy atom. The molecule has 2 aromatic heterocycles. The molecule has 2 aromatic carbocycles. The molecule has 0 saturated heterocycles. The van der Waals surface area contributed by atoms with Crippen LogP contribution in [0.2, 0.25) is 5.02 Å². The fraction of sp³-hybridized carbons (Fsp3) is 0.0833. The maximum absolute atomic E-state index is 13.7. The molecule has 5 rings (SSSR count). The third-order valence-electron chi connectivity index (χ3n) is 5.59. The van der Waals surface area contributed by atoms with Gasteiger partial charge in [0.05, 0.1) is 27.4 Å². The van der Waals surface area contributed by atoms with Crippen molar-refractivity contribution in [2.24, 2.45) is 10.5 Å². The number of aromatic nitrogens is 2. The number of thiophene rings is 1. The van der Waals surface area contributed by atoms with E-state index in [-0.39, 0.29) is 39.8 Å². The Hall–Kier alpha value is -4.03. The number of fused-ring (bicyclic) bond motifs is 1. The highest BCUT2D eigenvalue weighted by Crippen LogP contribution is 2.48. The SMILES string of the molecule is NC(=O)COc1ccc2c(c1)P(=O)(O)N=C(c1c(O)c(-c3cccs3)nn(Cc3ccc(F)c(Cl)c3)c1=O)N2. The fourth-order valence-electron chi connectivity index (χ4n) is 3.83. The van der Waals surface area contributed by atoms with E-state index < -0.39 is 42.7 Å². The number of primary amides is 1.